The van der Waals surface area contributed by atoms with E-state index in [4.69, 9.17) is 0 Å². The first-order valence-corrected chi connectivity index (χ1v) is 6.69. The highest BCUT2D eigenvalue weighted by Crippen LogP contribution is 2.22. The lowest BCUT2D eigenvalue weighted by atomic mass is 9.91. The molecule has 1 amide bonds. The minimum absolute atomic E-state index is 0.0367. The van der Waals surface area contributed by atoms with Crippen LogP contribution in [-0.2, 0) is 14.3 Å². The van der Waals surface area contributed by atoms with E-state index in [0.29, 0.717) is 6.54 Å². The van der Waals surface area contributed by atoms with Crippen molar-refractivity contribution in [1.82, 2.24) is 10.2 Å². The third kappa shape index (κ3) is 4.80. The molecule has 0 aromatic carbocycles. The zero-order chi connectivity index (χ0) is 14.4. The number of amides is 1. The quantitative estimate of drug-likeness (QED) is 0.683. The summed E-state index contributed by atoms with van der Waals surface area (Å²) in [5.74, 6) is -0.736. The van der Waals surface area contributed by atoms with Gasteiger partial charge in [-0.15, -0.1) is 0 Å². The van der Waals surface area contributed by atoms with Crippen LogP contribution in [0, 0.1) is 0 Å². The average molecular weight is 272 g/mol. The van der Waals surface area contributed by atoms with E-state index < -0.39 is 12.0 Å². The summed E-state index contributed by atoms with van der Waals surface area (Å²) in [6, 6.07) is -0.656. The predicted octanol–water partition coefficient (Wildman–Crippen LogP) is -0.101. The molecule has 0 aliphatic heterocycles. The fourth-order valence-corrected chi connectivity index (χ4v) is 2.60. The summed E-state index contributed by atoms with van der Waals surface area (Å²) in [4.78, 5) is 24.7. The number of rotatable bonds is 5. The molecule has 1 aliphatic rings. The number of nitrogens with one attached hydrogen (secondary N) is 1. The van der Waals surface area contributed by atoms with Crippen LogP contribution in [0.3, 0.4) is 0 Å². The van der Waals surface area contributed by atoms with E-state index in [9.17, 15) is 14.7 Å². The molecule has 3 unspecified atom stereocenters. The summed E-state index contributed by atoms with van der Waals surface area (Å²) in [5.41, 5.74) is 0. The van der Waals surface area contributed by atoms with Crippen LogP contribution in [0.2, 0.25) is 0 Å². The maximum Gasteiger partial charge on any atom is 0.329 e. The summed E-state index contributed by atoms with van der Waals surface area (Å²) >= 11 is 0. The van der Waals surface area contributed by atoms with Crippen LogP contribution in [0.25, 0.3) is 0 Å². The Morgan fingerprint density at radius 3 is 2.58 bits per heavy atom. The lowest BCUT2D eigenvalue weighted by molar-refractivity contribution is -0.145. The second kappa shape index (κ2) is 7.45. The summed E-state index contributed by atoms with van der Waals surface area (Å²) < 4.78 is 4.69. The second-order valence-electron chi connectivity index (χ2n) is 5.13. The monoisotopic (exact) mass is 272 g/mol. The van der Waals surface area contributed by atoms with Gasteiger partial charge < -0.3 is 15.2 Å². The van der Waals surface area contributed by atoms with E-state index in [-0.39, 0.29) is 18.1 Å². The second-order valence-corrected chi connectivity index (χ2v) is 5.13. The Hall–Kier alpha value is -1.14. The molecule has 3 atom stereocenters. The van der Waals surface area contributed by atoms with Crippen LogP contribution in [0.5, 0.6) is 0 Å². The molecule has 0 heterocycles. The van der Waals surface area contributed by atoms with Gasteiger partial charge in [-0.05, 0) is 19.9 Å². The number of nitrogens with zero attached hydrogens (tertiary/aromatic N) is 1. The topological polar surface area (TPSA) is 78.9 Å². The number of hydrogen-bond donors (Lipinski definition) is 2. The van der Waals surface area contributed by atoms with Gasteiger partial charge in [-0.2, -0.15) is 0 Å². The third-order valence-corrected chi connectivity index (χ3v) is 3.59. The average Bonchev–Trinajstić information content (AvgIpc) is 2.36. The number of methoxy groups -OCH3 is 1. The molecule has 110 valence electrons. The number of hydrogen-bond acceptors (Lipinski definition) is 5. The number of likely N-dealkylation sites (N-methyl/N-ethyl adjacent to an activating group) is 1. The molecule has 0 aromatic heterocycles. The van der Waals surface area contributed by atoms with Crippen molar-refractivity contribution < 1.29 is 19.4 Å². The van der Waals surface area contributed by atoms with Gasteiger partial charge in [-0.1, -0.05) is 12.8 Å². The molecule has 0 bridgehead atoms. The molecule has 1 rings (SSSR count). The SMILES string of the molecule is COC(=O)C(CN(C)C1CCCCC1O)NC(C)=O. The molecular formula is C13H24N2O4. The molecular weight excluding hydrogens is 248 g/mol. The summed E-state index contributed by atoms with van der Waals surface area (Å²) in [6.45, 7) is 1.71. The predicted molar refractivity (Wildman–Crippen MR) is 70.5 cm³/mol. The van der Waals surface area contributed by atoms with Gasteiger partial charge in [0.05, 0.1) is 13.2 Å². The van der Waals surface area contributed by atoms with Crippen molar-refractivity contribution in [2.75, 3.05) is 20.7 Å². The fraction of sp³-hybridized carbons (Fsp3) is 0.846. The van der Waals surface area contributed by atoms with Crippen molar-refractivity contribution in [3.63, 3.8) is 0 Å². The van der Waals surface area contributed by atoms with Gasteiger partial charge in [0.2, 0.25) is 5.91 Å². The zero-order valence-electron chi connectivity index (χ0n) is 11.9. The first-order chi connectivity index (χ1) is 8.95. The number of ether oxygens (including phenoxy) is 1. The summed E-state index contributed by atoms with van der Waals surface area (Å²) in [6.07, 6.45) is 3.45. The number of aliphatic hydroxyl groups excluding tert-OH is 1. The maximum absolute atomic E-state index is 11.6. The van der Waals surface area contributed by atoms with Crippen molar-refractivity contribution in [2.45, 2.75) is 50.8 Å². The molecule has 6 heteroatoms. The Balaban J connectivity index is 2.61. The van der Waals surface area contributed by atoms with Gasteiger partial charge in [0.15, 0.2) is 0 Å². The van der Waals surface area contributed by atoms with Crippen LogP contribution >= 0.6 is 0 Å². The van der Waals surface area contributed by atoms with E-state index >= 15 is 0 Å². The van der Waals surface area contributed by atoms with E-state index in [1.807, 2.05) is 11.9 Å². The molecule has 1 saturated carbocycles. The maximum atomic E-state index is 11.6. The Morgan fingerprint density at radius 1 is 1.42 bits per heavy atom. The fourth-order valence-electron chi connectivity index (χ4n) is 2.60. The van der Waals surface area contributed by atoms with Crippen LogP contribution in [0.4, 0.5) is 0 Å². The Labute approximate surface area is 114 Å². The number of esters is 1. The highest BCUT2D eigenvalue weighted by atomic mass is 16.5. The minimum atomic E-state index is -0.693. The molecule has 1 fully saturated rings. The minimum Gasteiger partial charge on any atom is -0.467 e. The van der Waals surface area contributed by atoms with Crippen molar-refractivity contribution in [2.24, 2.45) is 0 Å². The zero-order valence-corrected chi connectivity index (χ0v) is 11.9. The molecule has 2 N–H and O–H groups in total. The van der Waals surface area contributed by atoms with E-state index in [0.717, 1.165) is 25.7 Å². The highest BCUT2D eigenvalue weighted by molar-refractivity contribution is 5.83. The number of aliphatic hydroxyl groups is 1. The largest absolute Gasteiger partial charge is 0.467 e. The van der Waals surface area contributed by atoms with E-state index in [2.05, 4.69) is 10.1 Å². The lowest BCUT2D eigenvalue weighted by Gasteiger charge is -2.36. The Kier molecular flexibility index (Phi) is 6.24. The number of carbonyl (C=O) groups excluding carboxylic acids is 2. The summed E-state index contributed by atoms with van der Waals surface area (Å²) in [7, 11) is 3.16. The number of carbonyl (C=O) groups is 2. The van der Waals surface area contributed by atoms with Crippen molar-refractivity contribution in [1.29, 1.82) is 0 Å². The van der Waals surface area contributed by atoms with Gasteiger partial charge in [0.25, 0.3) is 0 Å². The molecule has 19 heavy (non-hydrogen) atoms. The third-order valence-electron chi connectivity index (χ3n) is 3.59. The molecule has 0 aromatic rings. The van der Waals surface area contributed by atoms with E-state index in [1.165, 1.54) is 14.0 Å². The van der Waals surface area contributed by atoms with Crippen LogP contribution in [-0.4, -0.2) is 60.8 Å². The lowest BCUT2D eigenvalue weighted by Crippen LogP contribution is -2.52. The van der Waals surface area contributed by atoms with E-state index in [1.54, 1.807) is 0 Å². The van der Waals surface area contributed by atoms with Gasteiger partial charge in [-0.25, -0.2) is 4.79 Å². The molecule has 0 radical (unpaired) electrons. The Morgan fingerprint density at radius 2 is 2.05 bits per heavy atom. The van der Waals surface area contributed by atoms with Crippen molar-refractivity contribution in [3.8, 4) is 0 Å². The molecule has 0 spiro atoms. The first-order valence-electron chi connectivity index (χ1n) is 6.69. The normalized spacial score (nSPS) is 24.9. The standard InChI is InChI=1S/C13H24N2O4/c1-9(16)14-10(13(18)19-3)8-15(2)11-6-4-5-7-12(11)17/h10-12,17H,4-8H2,1-3H3,(H,14,16). The van der Waals surface area contributed by atoms with Gasteiger partial charge in [0.1, 0.15) is 6.04 Å². The van der Waals surface area contributed by atoms with Crippen LogP contribution in [0.1, 0.15) is 32.6 Å². The van der Waals surface area contributed by atoms with Gasteiger partial charge >= 0.3 is 5.97 Å². The molecule has 0 saturated heterocycles. The first kappa shape index (κ1) is 15.9. The van der Waals surface area contributed by atoms with Gasteiger partial charge in [0, 0.05) is 19.5 Å². The summed E-state index contributed by atoms with van der Waals surface area (Å²) in [5, 5.41) is 12.6. The van der Waals surface area contributed by atoms with Crippen molar-refractivity contribution >= 4 is 11.9 Å². The molecule has 1 aliphatic carbocycles. The Bertz CT molecular complexity index is 322. The van der Waals surface area contributed by atoms with Crippen molar-refractivity contribution in [3.05, 3.63) is 0 Å². The highest BCUT2D eigenvalue weighted by Gasteiger charge is 2.30. The van der Waals surface area contributed by atoms with Crippen LogP contribution in [0.15, 0.2) is 0 Å². The van der Waals surface area contributed by atoms with Gasteiger partial charge in [-0.3, -0.25) is 9.69 Å². The smallest absolute Gasteiger partial charge is 0.329 e. The molecule has 6 nitrogen and oxygen atoms in total. The van der Waals surface area contributed by atoms with Crippen LogP contribution < -0.4 is 5.32 Å².